The first-order chi connectivity index (χ1) is 11.1. The van der Waals surface area contributed by atoms with Crippen molar-refractivity contribution in [2.45, 2.75) is 12.5 Å². The summed E-state index contributed by atoms with van der Waals surface area (Å²) in [6.07, 6.45) is 1.43. The van der Waals surface area contributed by atoms with Crippen molar-refractivity contribution >= 4 is 6.03 Å². The summed E-state index contributed by atoms with van der Waals surface area (Å²) >= 11 is 0. The van der Waals surface area contributed by atoms with Gasteiger partial charge in [-0.1, -0.05) is 30.3 Å². The van der Waals surface area contributed by atoms with Gasteiger partial charge in [0.15, 0.2) is 0 Å². The Kier molecular flexibility index (Phi) is 5.18. The number of rotatable bonds is 5. The third-order valence-corrected chi connectivity index (χ3v) is 5.00. The molecule has 5 heteroatoms. The van der Waals surface area contributed by atoms with Gasteiger partial charge in [0.25, 0.3) is 0 Å². The van der Waals surface area contributed by atoms with Gasteiger partial charge in [0.2, 0.25) is 0 Å². The van der Waals surface area contributed by atoms with Crippen LogP contribution in [0.3, 0.4) is 0 Å². The topological polar surface area (TPSA) is 44.8 Å². The lowest BCUT2D eigenvalue weighted by Crippen LogP contribution is -2.39. The van der Waals surface area contributed by atoms with Gasteiger partial charge in [-0.15, -0.1) is 0 Å². The molecule has 126 valence electrons. The van der Waals surface area contributed by atoms with Crippen LogP contribution in [0.5, 0.6) is 0 Å². The average molecular weight is 317 g/mol. The standard InChI is InChI=1S/C18H27N3O2/c1-20(2)18(22)19-10-15-13-23-17-12-21(11-16(15)17)9-8-14-6-4-3-5-7-14/h3-7,15-17H,8-13H2,1-2H3,(H,19,22)/t15-,16+,17+/m0/s1. The molecule has 2 aliphatic heterocycles. The highest BCUT2D eigenvalue weighted by atomic mass is 16.5. The van der Waals surface area contributed by atoms with Crippen LogP contribution in [0, 0.1) is 11.8 Å². The maximum absolute atomic E-state index is 11.7. The second-order valence-electron chi connectivity index (χ2n) is 6.87. The summed E-state index contributed by atoms with van der Waals surface area (Å²) in [5.41, 5.74) is 1.39. The molecule has 23 heavy (non-hydrogen) atoms. The third kappa shape index (κ3) is 4.03. The number of urea groups is 1. The van der Waals surface area contributed by atoms with Crippen LogP contribution >= 0.6 is 0 Å². The number of nitrogens with one attached hydrogen (secondary N) is 1. The molecule has 0 unspecified atom stereocenters. The molecular weight excluding hydrogens is 290 g/mol. The van der Waals surface area contributed by atoms with E-state index in [1.807, 2.05) is 0 Å². The van der Waals surface area contributed by atoms with E-state index in [-0.39, 0.29) is 6.03 Å². The first kappa shape index (κ1) is 16.3. The molecule has 2 heterocycles. The molecule has 5 nitrogen and oxygen atoms in total. The predicted octanol–water partition coefficient (Wildman–Crippen LogP) is 1.45. The van der Waals surface area contributed by atoms with E-state index >= 15 is 0 Å². The summed E-state index contributed by atoms with van der Waals surface area (Å²) in [6, 6.07) is 10.6. The zero-order valence-electron chi connectivity index (χ0n) is 14.1. The molecule has 0 spiro atoms. The summed E-state index contributed by atoms with van der Waals surface area (Å²) in [5, 5.41) is 3.00. The second kappa shape index (κ2) is 7.32. The van der Waals surface area contributed by atoms with Crippen molar-refractivity contribution in [2.24, 2.45) is 11.8 Å². The van der Waals surface area contributed by atoms with Crippen LogP contribution < -0.4 is 5.32 Å². The monoisotopic (exact) mass is 317 g/mol. The highest BCUT2D eigenvalue weighted by Crippen LogP contribution is 2.33. The Morgan fingerprint density at radius 3 is 2.83 bits per heavy atom. The Hall–Kier alpha value is -1.59. The van der Waals surface area contributed by atoms with Crippen LogP contribution in [0.4, 0.5) is 4.79 Å². The Labute approximate surface area is 138 Å². The minimum atomic E-state index is -0.0209. The van der Waals surface area contributed by atoms with Crippen molar-refractivity contribution in [2.75, 3.05) is 46.9 Å². The van der Waals surface area contributed by atoms with Gasteiger partial charge >= 0.3 is 6.03 Å². The molecule has 2 saturated heterocycles. The number of nitrogens with zero attached hydrogens (tertiary/aromatic N) is 2. The number of ether oxygens (including phenoxy) is 1. The van der Waals surface area contributed by atoms with Gasteiger partial charge < -0.3 is 19.9 Å². The SMILES string of the molecule is CN(C)C(=O)NC[C@H]1CO[C@@H]2CN(CCc3ccccc3)C[C@H]12. The normalized spacial score (nSPS) is 27.0. The Balaban J connectivity index is 1.45. The van der Waals surface area contributed by atoms with Crippen LogP contribution in [0.15, 0.2) is 30.3 Å². The fraction of sp³-hybridized carbons (Fsp3) is 0.611. The molecule has 1 aromatic carbocycles. The molecule has 3 rings (SSSR count). The van der Waals surface area contributed by atoms with E-state index in [1.54, 1.807) is 19.0 Å². The number of hydrogen-bond acceptors (Lipinski definition) is 3. The Morgan fingerprint density at radius 2 is 2.09 bits per heavy atom. The molecule has 1 N–H and O–H groups in total. The van der Waals surface area contributed by atoms with E-state index < -0.39 is 0 Å². The number of carbonyl (C=O) groups is 1. The van der Waals surface area contributed by atoms with Gasteiger partial charge in [0, 0.05) is 52.1 Å². The van der Waals surface area contributed by atoms with Crippen molar-refractivity contribution in [3.63, 3.8) is 0 Å². The van der Waals surface area contributed by atoms with Crippen molar-refractivity contribution in [1.82, 2.24) is 15.1 Å². The van der Waals surface area contributed by atoms with Gasteiger partial charge in [-0.3, -0.25) is 0 Å². The largest absolute Gasteiger partial charge is 0.376 e. The highest BCUT2D eigenvalue weighted by Gasteiger charge is 2.43. The number of hydrogen-bond donors (Lipinski definition) is 1. The van der Waals surface area contributed by atoms with E-state index in [0.29, 0.717) is 24.5 Å². The molecule has 0 saturated carbocycles. The van der Waals surface area contributed by atoms with Crippen LogP contribution in [-0.4, -0.2) is 68.8 Å². The number of amides is 2. The van der Waals surface area contributed by atoms with Gasteiger partial charge in [-0.25, -0.2) is 4.79 Å². The summed E-state index contributed by atoms with van der Waals surface area (Å²) in [4.78, 5) is 15.8. The fourth-order valence-corrected chi connectivity index (χ4v) is 3.58. The van der Waals surface area contributed by atoms with Crippen molar-refractivity contribution in [1.29, 1.82) is 0 Å². The zero-order chi connectivity index (χ0) is 16.2. The highest BCUT2D eigenvalue weighted by molar-refractivity contribution is 5.73. The van der Waals surface area contributed by atoms with Crippen LogP contribution in [0.25, 0.3) is 0 Å². The minimum absolute atomic E-state index is 0.0209. The van der Waals surface area contributed by atoms with E-state index in [2.05, 4.69) is 40.5 Å². The first-order valence-corrected chi connectivity index (χ1v) is 8.46. The Bertz CT molecular complexity index is 520. The molecule has 2 amide bonds. The van der Waals surface area contributed by atoms with E-state index in [1.165, 1.54) is 5.56 Å². The number of benzene rings is 1. The smallest absolute Gasteiger partial charge is 0.316 e. The average Bonchev–Trinajstić information content (AvgIpc) is 3.12. The van der Waals surface area contributed by atoms with Crippen molar-refractivity contribution in [3.8, 4) is 0 Å². The molecular formula is C18H27N3O2. The molecule has 1 aromatic rings. The lowest BCUT2D eigenvalue weighted by molar-refractivity contribution is 0.0952. The van der Waals surface area contributed by atoms with Crippen LogP contribution in [0.1, 0.15) is 5.56 Å². The maximum atomic E-state index is 11.7. The number of fused-ring (bicyclic) bond motifs is 1. The van der Waals surface area contributed by atoms with E-state index in [0.717, 1.165) is 32.7 Å². The fourth-order valence-electron chi connectivity index (χ4n) is 3.58. The van der Waals surface area contributed by atoms with Gasteiger partial charge in [-0.05, 0) is 12.0 Å². The van der Waals surface area contributed by atoms with E-state index in [4.69, 9.17) is 4.74 Å². The van der Waals surface area contributed by atoms with Crippen LogP contribution in [-0.2, 0) is 11.2 Å². The third-order valence-electron chi connectivity index (χ3n) is 5.00. The number of carbonyl (C=O) groups excluding carboxylic acids is 1. The lowest BCUT2D eigenvalue weighted by atomic mass is 9.93. The molecule has 0 radical (unpaired) electrons. The molecule has 3 atom stereocenters. The number of likely N-dealkylation sites (tertiary alicyclic amines) is 1. The molecule has 0 aromatic heterocycles. The van der Waals surface area contributed by atoms with Gasteiger partial charge in [0.05, 0.1) is 12.7 Å². The molecule has 0 bridgehead atoms. The second-order valence-corrected chi connectivity index (χ2v) is 6.87. The van der Waals surface area contributed by atoms with Gasteiger partial charge in [-0.2, -0.15) is 0 Å². The Morgan fingerprint density at radius 1 is 1.30 bits per heavy atom. The maximum Gasteiger partial charge on any atom is 0.316 e. The lowest BCUT2D eigenvalue weighted by Gasteiger charge is -2.21. The predicted molar refractivity (Wildman–Crippen MR) is 90.4 cm³/mol. The minimum Gasteiger partial charge on any atom is -0.376 e. The molecule has 0 aliphatic carbocycles. The van der Waals surface area contributed by atoms with Crippen LogP contribution in [0.2, 0.25) is 0 Å². The van der Waals surface area contributed by atoms with E-state index in [9.17, 15) is 4.79 Å². The molecule has 2 aliphatic rings. The first-order valence-electron chi connectivity index (χ1n) is 8.46. The summed E-state index contributed by atoms with van der Waals surface area (Å²) in [7, 11) is 3.54. The summed E-state index contributed by atoms with van der Waals surface area (Å²) in [6.45, 7) is 4.67. The quantitative estimate of drug-likeness (QED) is 0.894. The summed E-state index contributed by atoms with van der Waals surface area (Å²) in [5.74, 6) is 0.985. The van der Waals surface area contributed by atoms with Crippen molar-refractivity contribution in [3.05, 3.63) is 35.9 Å². The molecule has 2 fully saturated rings. The van der Waals surface area contributed by atoms with Crippen molar-refractivity contribution < 1.29 is 9.53 Å². The summed E-state index contributed by atoms with van der Waals surface area (Å²) < 4.78 is 5.96. The van der Waals surface area contributed by atoms with Gasteiger partial charge in [0.1, 0.15) is 0 Å². The zero-order valence-corrected chi connectivity index (χ0v) is 14.1.